The summed E-state index contributed by atoms with van der Waals surface area (Å²) in [4.78, 5) is 57.4. The minimum absolute atomic E-state index is 0.0433. The van der Waals surface area contributed by atoms with Crippen LogP contribution >= 0.6 is 27.2 Å². The highest BCUT2D eigenvalue weighted by Crippen LogP contribution is 2.55. The third-order valence-corrected chi connectivity index (χ3v) is 10.8. The van der Waals surface area contributed by atoms with E-state index >= 15 is 0 Å². The molecule has 2 bridgehead atoms. The average Bonchev–Trinajstić information content (AvgIpc) is 3.76. The Morgan fingerprint density at radius 3 is 2.45 bits per heavy atom. The van der Waals surface area contributed by atoms with E-state index in [2.05, 4.69) is 42.5 Å². The third-order valence-electron chi connectivity index (χ3n) is 7.97. The minimum Gasteiger partial charge on any atom is -0.386 e. The van der Waals surface area contributed by atoms with Crippen molar-refractivity contribution in [3.05, 3.63) is 29.3 Å². The lowest BCUT2D eigenvalue weighted by Crippen LogP contribution is -2.36. The molecule has 3 saturated heterocycles. The lowest BCUT2D eigenvalue weighted by molar-refractivity contribution is -0.0631. The van der Waals surface area contributed by atoms with Crippen LogP contribution in [-0.4, -0.2) is 103 Å². The quantitative estimate of drug-likeness (QED) is 0.101. The van der Waals surface area contributed by atoms with Gasteiger partial charge in [0.2, 0.25) is 5.95 Å². The van der Waals surface area contributed by atoms with E-state index < -0.39 is 82.2 Å². The molecule has 4 unspecified atom stereocenters. The lowest BCUT2D eigenvalue weighted by atomic mass is 9.95. The number of fused-ring (bicyclic) bond motifs is 5. The van der Waals surface area contributed by atoms with Crippen LogP contribution in [0.2, 0.25) is 0 Å². The van der Waals surface area contributed by atoms with Crippen LogP contribution in [0.25, 0.3) is 22.3 Å². The Morgan fingerprint density at radius 2 is 1.68 bits per heavy atom. The van der Waals surface area contributed by atoms with Gasteiger partial charge in [-0.2, -0.15) is 17.6 Å². The van der Waals surface area contributed by atoms with E-state index in [0.717, 1.165) is 0 Å². The molecule has 0 radical (unpaired) electrons. The van der Waals surface area contributed by atoms with Gasteiger partial charge in [-0.15, -0.1) is 0 Å². The van der Waals surface area contributed by atoms with Crippen LogP contribution in [0.1, 0.15) is 18.9 Å². The number of aliphatic hydroxyl groups is 1. The Kier molecular flexibility index (Phi) is 8.65. The summed E-state index contributed by atoms with van der Waals surface area (Å²) in [6.07, 6.45) is -4.82. The number of nitrogens with zero attached hydrogens (tertiary/aromatic N) is 7. The van der Waals surface area contributed by atoms with E-state index in [1.165, 1.54) is 28.1 Å². The first kappa shape index (κ1) is 32.9. The number of aliphatic hydroxyl groups excluding tert-OH is 1. The number of aromatic amines is 1. The van der Waals surface area contributed by atoms with Crippen molar-refractivity contribution in [1.82, 2.24) is 39.0 Å². The van der Waals surface area contributed by atoms with E-state index in [1.54, 1.807) is 0 Å². The fourth-order valence-electron chi connectivity index (χ4n) is 5.90. The third kappa shape index (κ3) is 6.09. The van der Waals surface area contributed by atoms with E-state index in [9.17, 15) is 24.3 Å². The van der Waals surface area contributed by atoms with Crippen molar-refractivity contribution >= 4 is 73.1 Å². The summed E-state index contributed by atoms with van der Waals surface area (Å²) in [7, 11) is -4.94. The molecule has 0 spiro atoms. The van der Waals surface area contributed by atoms with Crippen LogP contribution in [0.5, 0.6) is 0 Å². The average molecular weight is 735 g/mol. The van der Waals surface area contributed by atoms with Gasteiger partial charge in [-0.25, -0.2) is 24.5 Å². The molecule has 47 heavy (non-hydrogen) atoms. The zero-order chi connectivity index (χ0) is 33.2. The number of hydrogen-bond acceptors (Lipinski definition) is 18. The Bertz CT molecular complexity index is 1980. The highest BCUT2D eigenvalue weighted by atomic mass is 32.5. The number of nitrogen functional groups attached to an aromatic ring is 2. The number of rotatable bonds is 4. The smallest absolute Gasteiger partial charge is 0.386 e. The molecule has 4 aromatic rings. The second-order valence-corrected chi connectivity index (χ2v) is 15.5. The van der Waals surface area contributed by atoms with E-state index in [4.69, 9.17) is 50.8 Å². The fourth-order valence-corrected chi connectivity index (χ4v) is 8.61. The number of phosphoric acid groups is 1. The molecule has 21 nitrogen and oxygen atoms in total. The number of aromatic nitrogens is 8. The van der Waals surface area contributed by atoms with Gasteiger partial charge in [0.15, 0.2) is 35.1 Å². The largest absolute Gasteiger partial charge is 0.472 e. The van der Waals surface area contributed by atoms with Crippen LogP contribution < -0.4 is 17.0 Å². The monoisotopic (exact) mass is 734 g/mol. The van der Waals surface area contributed by atoms with Crippen molar-refractivity contribution in [2.24, 2.45) is 5.92 Å². The molecule has 0 amide bonds. The number of hydrogen-bond donors (Lipinski definition) is 7. The maximum Gasteiger partial charge on any atom is 0.472 e. The highest BCUT2D eigenvalue weighted by Gasteiger charge is 2.53. The fraction of sp³-hybridized carbons (Fsp3) is 0.545. The van der Waals surface area contributed by atoms with Gasteiger partial charge in [-0.05, 0) is 24.0 Å². The molecule has 25 heteroatoms. The van der Waals surface area contributed by atoms with Crippen molar-refractivity contribution < 1.29 is 47.0 Å². The van der Waals surface area contributed by atoms with Gasteiger partial charge in [-0.1, -0.05) is 0 Å². The zero-order valence-electron chi connectivity index (χ0n) is 23.8. The van der Waals surface area contributed by atoms with Crippen molar-refractivity contribution in [3.63, 3.8) is 0 Å². The predicted molar refractivity (Wildman–Crippen MR) is 166 cm³/mol. The molecule has 0 aromatic carbocycles. The van der Waals surface area contributed by atoms with Crippen molar-refractivity contribution in [1.29, 1.82) is 0 Å². The lowest BCUT2D eigenvalue weighted by Gasteiger charge is -2.28. The molecule has 0 aliphatic carbocycles. The summed E-state index contributed by atoms with van der Waals surface area (Å²) in [5.74, 6) is -0.451. The van der Waals surface area contributed by atoms with E-state index in [1.807, 2.05) is 0 Å². The molecule has 10 atom stereocenters. The highest BCUT2D eigenvalue weighted by molar-refractivity contribution is 8.07. The second kappa shape index (κ2) is 12.4. The number of nitrogens with one attached hydrogen (secondary N) is 1. The molecule has 0 saturated carbocycles. The molecule has 254 valence electrons. The van der Waals surface area contributed by atoms with Gasteiger partial charge >= 0.3 is 14.5 Å². The number of anilines is 2. The Morgan fingerprint density at radius 1 is 0.979 bits per heavy atom. The molecule has 3 aliphatic heterocycles. The number of H-pyrrole nitrogens is 1. The summed E-state index contributed by atoms with van der Waals surface area (Å²) < 4.78 is 50.9. The van der Waals surface area contributed by atoms with E-state index in [0.29, 0.717) is 12.2 Å². The molecular formula is C22H28N10O11P2S2. The maximum atomic E-state index is 13.3. The molecule has 3 aliphatic rings. The summed E-state index contributed by atoms with van der Waals surface area (Å²) in [5, 5.41) is 11.3. The first-order valence-corrected chi connectivity index (χ1v) is 18.6. The van der Waals surface area contributed by atoms with Gasteiger partial charge in [-0.3, -0.25) is 28.0 Å². The molecular weight excluding hydrogens is 706 g/mol. The van der Waals surface area contributed by atoms with Gasteiger partial charge in [0, 0.05) is 5.92 Å². The molecule has 4 aromatic heterocycles. The topological polar surface area (TPSA) is 292 Å². The molecule has 7 heterocycles. The van der Waals surface area contributed by atoms with Gasteiger partial charge in [0.1, 0.15) is 36.3 Å². The predicted octanol–water partition coefficient (Wildman–Crippen LogP) is -0.650. The van der Waals surface area contributed by atoms with Gasteiger partial charge in [0.25, 0.3) is 5.56 Å². The number of phosphoric ester groups is 1. The van der Waals surface area contributed by atoms with Crippen LogP contribution in [0, 0.1) is 5.92 Å². The Balaban J connectivity index is 1.23. The van der Waals surface area contributed by atoms with Gasteiger partial charge < -0.3 is 44.9 Å². The molecule has 3 fully saturated rings. The number of nitrogens with two attached hydrogens (primary N) is 2. The molecule has 7 rings (SSSR count). The van der Waals surface area contributed by atoms with Crippen LogP contribution in [0.4, 0.5) is 11.8 Å². The first-order chi connectivity index (χ1) is 22.4. The first-order valence-electron chi connectivity index (χ1n) is 13.9. The summed E-state index contributed by atoms with van der Waals surface area (Å²) in [6, 6.07) is 0. The zero-order valence-corrected chi connectivity index (χ0v) is 27.3. The molecule has 8 N–H and O–H groups in total. The Labute approximate surface area is 273 Å². The normalized spacial score (nSPS) is 36.6. The van der Waals surface area contributed by atoms with Crippen molar-refractivity contribution in [2.45, 2.75) is 49.4 Å². The summed E-state index contributed by atoms with van der Waals surface area (Å²) in [6.45, 7) is -5.24. The minimum atomic E-state index is -4.94. The second-order valence-electron chi connectivity index (χ2n) is 10.8. The Hall–Kier alpha value is -2.63. The SMILES string of the molecule is Nc1nc2c(ncn2[C@@H]2O[C@@H]3COP(=O)(O)OC4[C@@H](COP(O)(=S)O[C@H]2C3CCS)O[C@@H](n2cnc3c(N)ncnc32)[C@H]4O)c(=O)[nH]1. The van der Waals surface area contributed by atoms with Crippen LogP contribution in [0.3, 0.4) is 0 Å². The van der Waals surface area contributed by atoms with Crippen LogP contribution in [0.15, 0.2) is 23.8 Å². The van der Waals surface area contributed by atoms with Crippen LogP contribution in [-0.2, 0) is 43.9 Å². The number of imidazole rings is 2. The van der Waals surface area contributed by atoms with Crippen molar-refractivity contribution in [3.8, 4) is 0 Å². The van der Waals surface area contributed by atoms with Gasteiger partial charge in [0.05, 0.1) is 32.0 Å². The van der Waals surface area contributed by atoms with E-state index in [-0.39, 0.29) is 34.1 Å². The number of thiol groups is 1. The summed E-state index contributed by atoms with van der Waals surface area (Å²) >= 11 is 9.73. The standard InChI is InChI=1S/C22H28N10O11P2S2/c23-16-11-17(26-5-25-16)31(6-27-11)20-13(33)15-10(41-20)4-39-45(37,47)43-14-8(1-2-46)9(3-38-44(35,36)42-15)40-21(14)32-7-28-12-18(32)29-22(24)30-19(12)34/h5-10,13-15,20-21,33,46H,1-4H2,(H,35,36)(H,37,47)(H2,23,25,26)(H3,24,29,30,34)/t8?,9-,10-,13+,14+,15?,20-,21-,45?/m1/s1. The van der Waals surface area contributed by atoms with Crippen molar-refractivity contribution in [2.75, 3.05) is 30.4 Å². The maximum absolute atomic E-state index is 13.3. The number of ether oxygens (including phenoxy) is 2. The summed E-state index contributed by atoms with van der Waals surface area (Å²) in [5.41, 5.74) is 11.5.